The summed E-state index contributed by atoms with van der Waals surface area (Å²) in [6, 6.07) is 18.5. The molecule has 0 amide bonds. The molecule has 0 spiro atoms. The highest BCUT2D eigenvalue weighted by molar-refractivity contribution is 6.74. The summed E-state index contributed by atoms with van der Waals surface area (Å²) in [5.41, 5.74) is 2.75. The first-order valence-electron chi connectivity index (χ1n) is 12.2. The van der Waals surface area contributed by atoms with E-state index in [9.17, 15) is 9.59 Å². The molecule has 186 valence electrons. The lowest BCUT2D eigenvalue weighted by molar-refractivity contribution is -0.162. The van der Waals surface area contributed by atoms with Crippen LogP contribution in [0, 0.1) is 5.92 Å². The van der Waals surface area contributed by atoms with Crippen LogP contribution in [0.1, 0.15) is 59.9 Å². The lowest BCUT2D eigenvalue weighted by Gasteiger charge is -2.36. The maximum absolute atomic E-state index is 13.1. The van der Waals surface area contributed by atoms with Gasteiger partial charge in [-0.1, -0.05) is 75.4 Å². The predicted molar refractivity (Wildman–Crippen MR) is 142 cm³/mol. The molecule has 4 nitrogen and oxygen atoms in total. The largest absolute Gasteiger partial charge is 0.459 e. The third-order valence-corrected chi connectivity index (χ3v) is 11.0. The Morgan fingerprint density at radius 2 is 1.41 bits per heavy atom. The Morgan fingerprint density at radius 3 is 1.94 bits per heavy atom. The minimum absolute atomic E-state index is 0.0737. The van der Waals surface area contributed by atoms with Crippen LogP contribution in [0.4, 0.5) is 0 Å². The molecule has 2 aromatic rings. The Bertz CT molecular complexity index is 935. The number of Topliss-reactive ketones (excluding diaryl/α,β-unsaturated/α-hetero) is 1. The van der Waals surface area contributed by atoms with Crippen molar-refractivity contribution in [1.29, 1.82) is 0 Å². The molecule has 0 heterocycles. The van der Waals surface area contributed by atoms with E-state index in [4.69, 9.17) is 9.16 Å². The fraction of sp³-hybridized carbons (Fsp3) is 0.517. The molecule has 0 bridgehead atoms. The van der Waals surface area contributed by atoms with E-state index in [1.165, 1.54) is 0 Å². The van der Waals surface area contributed by atoms with Crippen molar-refractivity contribution in [3.8, 4) is 11.1 Å². The highest BCUT2D eigenvalue weighted by atomic mass is 28.4. The fourth-order valence-electron chi connectivity index (χ4n) is 3.37. The molecule has 1 unspecified atom stereocenters. The molecule has 5 heteroatoms. The molecule has 0 aliphatic carbocycles. The summed E-state index contributed by atoms with van der Waals surface area (Å²) in [5, 5.41) is 0.0737. The van der Waals surface area contributed by atoms with Gasteiger partial charge in [0.1, 0.15) is 17.3 Å². The van der Waals surface area contributed by atoms with Gasteiger partial charge in [-0.3, -0.25) is 9.59 Å². The Hall–Kier alpha value is -2.24. The van der Waals surface area contributed by atoms with Crippen LogP contribution in [0.3, 0.4) is 0 Å². The molecule has 1 atom stereocenters. The average Bonchev–Trinajstić information content (AvgIpc) is 2.74. The number of ketones is 1. The topological polar surface area (TPSA) is 52.6 Å². The van der Waals surface area contributed by atoms with E-state index >= 15 is 0 Å². The molecule has 34 heavy (non-hydrogen) atoms. The predicted octanol–water partition coefficient (Wildman–Crippen LogP) is 7.23. The van der Waals surface area contributed by atoms with Crippen LogP contribution >= 0.6 is 0 Å². The zero-order chi connectivity index (χ0) is 25.6. The minimum atomic E-state index is -1.96. The van der Waals surface area contributed by atoms with Crippen molar-refractivity contribution < 1.29 is 18.8 Å². The normalized spacial score (nSPS) is 13.4. The van der Waals surface area contributed by atoms with Gasteiger partial charge in [-0.2, -0.15) is 0 Å². The van der Waals surface area contributed by atoms with E-state index in [1.807, 2.05) is 39.0 Å². The number of aryl methyl sites for hydroxylation is 1. The molecule has 0 aromatic heterocycles. The van der Waals surface area contributed by atoms with Gasteiger partial charge in [0.05, 0.1) is 0 Å². The summed E-state index contributed by atoms with van der Waals surface area (Å²) in [5.74, 6) is -1.33. The minimum Gasteiger partial charge on any atom is -0.459 e. The highest BCUT2D eigenvalue weighted by Crippen LogP contribution is 2.36. The smallest absolute Gasteiger partial charge is 0.317 e. The molecule has 0 saturated heterocycles. The van der Waals surface area contributed by atoms with E-state index in [-0.39, 0.29) is 10.8 Å². The Kier molecular flexibility index (Phi) is 9.43. The Balaban J connectivity index is 2.03. The van der Waals surface area contributed by atoms with Crippen molar-refractivity contribution in [2.24, 2.45) is 5.92 Å². The van der Waals surface area contributed by atoms with Crippen LogP contribution in [0.25, 0.3) is 11.1 Å². The van der Waals surface area contributed by atoms with Crippen molar-refractivity contribution in [1.82, 2.24) is 0 Å². The van der Waals surface area contributed by atoms with Gasteiger partial charge in [-0.25, -0.2) is 0 Å². The summed E-state index contributed by atoms with van der Waals surface area (Å²) in [4.78, 5) is 26.0. The first-order chi connectivity index (χ1) is 15.7. The summed E-state index contributed by atoms with van der Waals surface area (Å²) in [6.45, 7) is 16.8. The number of benzene rings is 2. The standard InChI is InChI=1S/C29H42O4Si/c1-28(2,3)33-27(31)25(20-21-32-34(7,8)29(4,5)6)26(30)19-16-22-14-17-24(18-15-22)23-12-10-9-11-13-23/h9-15,17-18,25H,16,19-21H2,1-8H3. The molecule has 2 aromatic carbocycles. The molecule has 0 saturated carbocycles. The molecule has 0 radical (unpaired) electrons. The lowest BCUT2D eigenvalue weighted by Crippen LogP contribution is -2.42. The summed E-state index contributed by atoms with van der Waals surface area (Å²) in [7, 11) is -1.96. The third-order valence-electron chi connectivity index (χ3n) is 6.48. The van der Waals surface area contributed by atoms with E-state index in [0.717, 1.165) is 16.7 Å². The van der Waals surface area contributed by atoms with Crippen molar-refractivity contribution in [2.75, 3.05) is 6.61 Å². The van der Waals surface area contributed by atoms with E-state index in [0.29, 0.717) is 25.9 Å². The van der Waals surface area contributed by atoms with Crippen LogP contribution in [0.5, 0.6) is 0 Å². The first kappa shape index (κ1) is 28.0. The molecular weight excluding hydrogens is 440 g/mol. The van der Waals surface area contributed by atoms with E-state index in [1.54, 1.807) is 0 Å². The maximum atomic E-state index is 13.1. The molecule has 0 N–H and O–H groups in total. The summed E-state index contributed by atoms with van der Waals surface area (Å²) < 4.78 is 11.8. The first-order valence-corrected chi connectivity index (χ1v) is 15.1. The second-order valence-electron chi connectivity index (χ2n) is 11.5. The second-order valence-corrected chi connectivity index (χ2v) is 16.3. The van der Waals surface area contributed by atoms with Crippen LogP contribution in [0.2, 0.25) is 18.1 Å². The third kappa shape index (κ3) is 8.52. The van der Waals surface area contributed by atoms with Gasteiger partial charge >= 0.3 is 5.97 Å². The molecular formula is C29H42O4Si. The van der Waals surface area contributed by atoms with Gasteiger partial charge in [-0.05, 0) is 68.4 Å². The lowest BCUT2D eigenvalue weighted by atomic mass is 9.94. The summed E-state index contributed by atoms with van der Waals surface area (Å²) >= 11 is 0. The summed E-state index contributed by atoms with van der Waals surface area (Å²) in [6.07, 6.45) is 1.25. The van der Waals surface area contributed by atoms with Crippen molar-refractivity contribution >= 4 is 20.1 Å². The van der Waals surface area contributed by atoms with Crippen molar-refractivity contribution in [3.63, 3.8) is 0 Å². The molecule has 2 rings (SSSR count). The van der Waals surface area contributed by atoms with Gasteiger partial charge in [0.25, 0.3) is 0 Å². The Labute approximate surface area is 207 Å². The zero-order valence-corrected chi connectivity index (χ0v) is 23.2. The SMILES string of the molecule is CC(C)(C)OC(=O)C(CCO[Si](C)(C)C(C)(C)C)C(=O)CCc1ccc(-c2ccccc2)cc1. The van der Waals surface area contributed by atoms with Crippen LogP contribution in [-0.4, -0.2) is 32.3 Å². The quantitative estimate of drug-likeness (QED) is 0.204. The number of esters is 1. The number of rotatable bonds is 10. The monoisotopic (exact) mass is 482 g/mol. The zero-order valence-electron chi connectivity index (χ0n) is 22.2. The van der Waals surface area contributed by atoms with E-state index in [2.05, 4.69) is 70.3 Å². The average molecular weight is 483 g/mol. The number of carbonyl (C=O) groups excluding carboxylic acids is 2. The van der Waals surface area contributed by atoms with Gasteiger partial charge < -0.3 is 9.16 Å². The highest BCUT2D eigenvalue weighted by Gasteiger charge is 2.38. The van der Waals surface area contributed by atoms with Crippen molar-refractivity contribution in [3.05, 3.63) is 60.2 Å². The van der Waals surface area contributed by atoms with Crippen LogP contribution in [-0.2, 0) is 25.2 Å². The number of hydrogen-bond donors (Lipinski definition) is 0. The molecule has 0 aliphatic heterocycles. The second kappa shape index (κ2) is 11.5. The van der Waals surface area contributed by atoms with Gasteiger partial charge in [-0.15, -0.1) is 0 Å². The van der Waals surface area contributed by atoms with Gasteiger partial charge in [0, 0.05) is 13.0 Å². The van der Waals surface area contributed by atoms with Gasteiger partial charge in [0.15, 0.2) is 8.32 Å². The van der Waals surface area contributed by atoms with Gasteiger partial charge in [0.2, 0.25) is 0 Å². The number of carbonyl (C=O) groups is 2. The molecule has 0 fully saturated rings. The van der Waals surface area contributed by atoms with Crippen LogP contribution in [0.15, 0.2) is 54.6 Å². The maximum Gasteiger partial charge on any atom is 0.317 e. The Morgan fingerprint density at radius 1 is 0.853 bits per heavy atom. The van der Waals surface area contributed by atoms with Crippen molar-refractivity contribution in [2.45, 2.75) is 84.5 Å². The van der Waals surface area contributed by atoms with E-state index < -0.39 is 25.8 Å². The number of hydrogen-bond acceptors (Lipinski definition) is 4. The number of ether oxygens (including phenoxy) is 1. The molecule has 0 aliphatic rings. The van der Waals surface area contributed by atoms with Crippen LogP contribution < -0.4 is 0 Å². The fourth-order valence-corrected chi connectivity index (χ4v) is 4.43.